The molecule has 1 rings (SSSR count). The molecule has 0 fully saturated rings. The van der Waals surface area contributed by atoms with Crippen LogP contribution in [0.15, 0.2) is 18.5 Å². The van der Waals surface area contributed by atoms with Crippen LogP contribution in [-0.2, 0) is 0 Å². The molecular weight excluding hydrogens is 168 g/mol. The van der Waals surface area contributed by atoms with Crippen molar-refractivity contribution in [2.24, 2.45) is 0 Å². The number of nitrogens with zero attached hydrogens (tertiary/aromatic N) is 1. The topological polar surface area (TPSA) is 82.8 Å². The fraction of sp³-hybridized carbons (Fsp3) is 0.167. The van der Waals surface area contributed by atoms with Gasteiger partial charge < -0.3 is 19.8 Å². The van der Waals surface area contributed by atoms with Crippen LogP contribution in [0.4, 0.5) is 0 Å². The smallest absolute Gasteiger partial charge is 0.556 e. The molecule has 0 aliphatic rings. The average molecular weight is 177 g/mol. The van der Waals surface area contributed by atoms with Crippen LogP contribution in [0.1, 0.15) is 0 Å². The van der Waals surface area contributed by atoms with E-state index in [2.05, 4.69) is 4.98 Å². The van der Waals surface area contributed by atoms with Gasteiger partial charge in [0.15, 0.2) is 0 Å². The first-order chi connectivity index (χ1) is 5.55. The van der Waals surface area contributed by atoms with Gasteiger partial charge in [0.2, 0.25) is 0 Å². The molecule has 0 bridgehead atoms. The van der Waals surface area contributed by atoms with E-state index in [9.17, 15) is 0 Å². The van der Waals surface area contributed by atoms with Crippen molar-refractivity contribution < 1.29 is 38.7 Å². The maximum absolute atomic E-state index is 8.85. The molecule has 0 aliphatic carbocycles. The number of rotatable bonds is 2. The van der Waals surface area contributed by atoms with Crippen molar-refractivity contribution in [1.82, 2.24) is 4.98 Å². The molecule has 5 nitrogen and oxygen atoms in total. The fourth-order valence-corrected chi connectivity index (χ4v) is 0.871. The maximum atomic E-state index is 8.85. The van der Waals surface area contributed by atoms with Gasteiger partial charge in [0, 0.05) is 12.4 Å². The summed E-state index contributed by atoms with van der Waals surface area (Å²) < 4.78 is 4.77. The Bertz CT molecular complexity index is 278. The monoisotopic (exact) mass is 177 g/mol. The number of hydrogen-bond acceptors (Lipinski definition) is 5. The molecule has 13 heavy (non-hydrogen) atoms. The third-order valence-electron chi connectivity index (χ3n) is 1.45. The van der Waals surface area contributed by atoms with Crippen LogP contribution in [0, 0.1) is 0 Å². The Kier molecular flexibility index (Phi) is 4.47. The number of ether oxygens (including phenoxy) is 1. The van der Waals surface area contributed by atoms with Gasteiger partial charge in [0.1, 0.15) is 0 Å². The van der Waals surface area contributed by atoms with Crippen LogP contribution >= 0.6 is 0 Å². The molecule has 0 radical (unpaired) electrons. The van der Waals surface area contributed by atoms with Gasteiger partial charge in [-0.05, 0) is 6.07 Å². The van der Waals surface area contributed by atoms with E-state index >= 15 is 0 Å². The fourth-order valence-electron chi connectivity index (χ4n) is 0.871. The van der Waals surface area contributed by atoms with E-state index in [1.165, 1.54) is 19.4 Å². The first kappa shape index (κ1) is 12.5. The summed E-state index contributed by atoms with van der Waals surface area (Å²) in [5, 5.41) is 26.6. The van der Waals surface area contributed by atoms with Gasteiger partial charge in [-0.25, -0.2) is 0 Å². The van der Waals surface area contributed by atoms with Crippen molar-refractivity contribution in [3.8, 4) is 5.75 Å². The van der Waals surface area contributed by atoms with Gasteiger partial charge in [-0.3, -0.25) is 4.98 Å². The second-order valence-electron chi connectivity index (χ2n) is 2.35. The first-order valence-electron chi connectivity index (χ1n) is 3.35. The minimum atomic E-state index is -3.53. The molecule has 0 saturated heterocycles. The molecule has 0 saturated carbocycles. The molecule has 7 heteroatoms. The number of hydrogen-bond donors (Lipinski definition) is 3. The third-order valence-corrected chi connectivity index (χ3v) is 1.45. The van der Waals surface area contributed by atoms with E-state index in [-0.39, 0.29) is 30.1 Å². The number of pyridine rings is 1. The molecule has 0 spiro atoms. The molecule has 0 aromatic carbocycles. The Morgan fingerprint density at radius 1 is 1.38 bits per heavy atom. The van der Waals surface area contributed by atoms with E-state index in [0.29, 0.717) is 0 Å². The number of methoxy groups -OCH3 is 1. The van der Waals surface area contributed by atoms with Crippen molar-refractivity contribution in [3.05, 3.63) is 18.5 Å². The van der Waals surface area contributed by atoms with Crippen LogP contribution in [0.25, 0.3) is 0 Å². The third kappa shape index (κ3) is 3.03. The molecule has 66 valence electrons. The summed E-state index contributed by atoms with van der Waals surface area (Å²) in [5.74, 6) is 0.192. The van der Waals surface area contributed by atoms with Crippen molar-refractivity contribution in [3.63, 3.8) is 0 Å². The molecule has 0 aliphatic heterocycles. The summed E-state index contributed by atoms with van der Waals surface area (Å²) in [5.41, 5.74) is -0.125. The summed E-state index contributed by atoms with van der Waals surface area (Å²) in [4.78, 5) is 3.62. The Balaban J connectivity index is 0.00000144. The average Bonchev–Trinajstić information content (AvgIpc) is 2.03. The summed E-state index contributed by atoms with van der Waals surface area (Å²) in [6.07, 6.45) is 2.56. The Hall–Kier alpha value is -0.508. The predicted octanol–water partition coefficient (Wildman–Crippen LogP) is -4.78. The van der Waals surface area contributed by atoms with Crippen molar-refractivity contribution in [2.75, 3.05) is 7.11 Å². The maximum Gasteiger partial charge on any atom is 1.00 e. The normalized spacial score (nSPS) is 10.5. The molecule has 0 atom stereocenters. The molecule has 0 amide bonds. The Labute approximate surface area is 87.6 Å². The van der Waals surface area contributed by atoms with Crippen molar-refractivity contribution in [1.29, 1.82) is 0 Å². The van der Waals surface area contributed by atoms with Gasteiger partial charge in [-0.2, -0.15) is 0 Å². The largest absolute Gasteiger partial charge is 1.00 e. The predicted molar refractivity (Wildman–Crippen MR) is 42.8 cm³/mol. The van der Waals surface area contributed by atoms with E-state index in [1.807, 2.05) is 0 Å². The van der Waals surface area contributed by atoms with E-state index in [4.69, 9.17) is 19.8 Å². The van der Waals surface area contributed by atoms with Crippen LogP contribution in [0.5, 0.6) is 5.75 Å². The van der Waals surface area contributed by atoms with E-state index < -0.39 is 6.75 Å². The summed E-state index contributed by atoms with van der Waals surface area (Å²) in [6.45, 7) is -3.53. The molecular formula is C6H9BLiNO4. The second-order valence-corrected chi connectivity index (χ2v) is 2.35. The molecule has 0 unspecified atom stereocenters. The van der Waals surface area contributed by atoms with Gasteiger partial charge in [-0.1, -0.05) is 5.46 Å². The Morgan fingerprint density at radius 3 is 2.38 bits per heavy atom. The molecule has 1 aromatic heterocycles. The Morgan fingerprint density at radius 2 is 2.00 bits per heavy atom. The zero-order valence-corrected chi connectivity index (χ0v) is 7.51. The van der Waals surface area contributed by atoms with Gasteiger partial charge in [0.25, 0.3) is 0 Å². The van der Waals surface area contributed by atoms with Crippen LogP contribution in [0.2, 0.25) is 0 Å². The van der Waals surface area contributed by atoms with Crippen LogP contribution in [-0.4, -0.2) is 33.9 Å². The molecule has 3 N–H and O–H groups in total. The van der Waals surface area contributed by atoms with E-state index in [1.54, 1.807) is 0 Å². The number of aromatic nitrogens is 1. The second kappa shape index (κ2) is 4.65. The van der Waals surface area contributed by atoms with Gasteiger partial charge in [0.05, 0.1) is 12.9 Å². The summed E-state index contributed by atoms with van der Waals surface area (Å²) in [7, 11) is 1.36. The molecule has 1 heterocycles. The van der Waals surface area contributed by atoms with Crippen molar-refractivity contribution in [2.45, 2.75) is 0 Å². The SMILES string of the molecule is COc1ccncc1[B-](O)(O)O.[Li+]. The first-order valence-corrected chi connectivity index (χ1v) is 3.35. The minimum absolute atomic E-state index is 0. The molecule has 1 aromatic rings. The van der Waals surface area contributed by atoms with Gasteiger partial charge >= 0.3 is 25.6 Å². The zero-order chi connectivity index (χ0) is 9.19. The van der Waals surface area contributed by atoms with Gasteiger partial charge in [-0.15, -0.1) is 0 Å². The van der Waals surface area contributed by atoms with Crippen molar-refractivity contribution >= 4 is 12.2 Å². The summed E-state index contributed by atoms with van der Waals surface area (Å²) >= 11 is 0. The minimum Gasteiger partial charge on any atom is -0.556 e. The van der Waals surface area contributed by atoms with Crippen LogP contribution < -0.4 is 29.1 Å². The quantitative estimate of drug-likeness (QED) is 0.395. The van der Waals surface area contributed by atoms with Crippen LogP contribution in [0.3, 0.4) is 0 Å². The summed E-state index contributed by atoms with van der Waals surface area (Å²) in [6, 6.07) is 1.43. The van der Waals surface area contributed by atoms with E-state index in [0.717, 1.165) is 6.20 Å². The zero-order valence-electron chi connectivity index (χ0n) is 7.51. The standard InChI is InChI=1S/C6H9BNO4.Li/c1-12-6-2-3-8-4-5(6)7(9,10)11;/h2-4,9-11H,1H3;/q-1;+1.